The molecule has 2 heteroatoms. The summed E-state index contributed by atoms with van der Waals surface area (Å²) in [6.45, 7) is 8.19. The normalized spacial score (nSPS) is 26.3. The second-order valence-electron chi connectivity index (χ2n) is 4.51. The van der Waals surface area contributed by atoms with Gasteiger partial charge in [0.2, 0.25) is 0 Å². The predicted molar refractivity (Wildman–Crippen MR) is 55.9 cm³/mol. The lowest BCUT2D eigenvalue weighted by Gasteiger charge is -2.24. The molecule has 1 saturated heterocycles. The highest BCUT2D eigenvalue weighted by atomic mass is 16.5. The van der Waals surface area contributed by atoms with Crippen LogP contribution in [-0.2, 0) is 4.74 Å². The Morgan fingerprint density at radius 1 is 1.38 bits per heavy atom. The van der Waals surface area contributed by atoms with Crippen LogP contribution in [0.3, 0.4) is 0 Å². The largest absolute Gasteiger partial charge is 0.380 e. The average Bonchev–Trinajstić information content (AvgIpc) is 2.28. The SMILES string of the molecule is CO[C@H]1CCCCN(CC(C)C)C1. The van der Waals surface area contributed by atoms with E-state index in [0.29, 0.717) is 6.10 Å². The van der Waals surface area contributed by atoms with E-state index in [-0.39, 0.29) is 0 Å². The molecule has 0 bridgehead atoms. The van der Waals surface area contributed by atoms with Gasteiger partial charge in [-0.1, -0.05) is 13.8 Å². The van der Waals surface area contributed by atoms with E-state index in [1.165, 1.54) is 32.4 Å². The fourth-order valence-electron chi connectivity index (χ4n) is 2.05. The van der Waals surface area contributed by atoms with Gasteiger partial charge in [-0.25, -0.2) is 0 Å². The molecule has 0 aliphatic carbocycles. The highest BCUT2D eigenvalue weighted by Crippen LogP contribution is 2.13. The van der Waals surface area contributed by atoms with Crippen LogP contribution in [0.4, 0.5) is 0 Å². The Bertz CT molecular complexity index is 136. The summed E-state index contributed by atoms with van der Waals surface area (Å²) in [5.41, 5.74) is 0. The zero-order valence-electron chi connectivity index (χ0n) is 9.25. The van der Waals surface area contributed by atoms with Gasteiger partial charge in [0.1, 0.15) is 0 Å². The fraction of sp³-hybridized carbons (Fsp3) is 1.00. The molecular weight excluding hydrogens is 162 g/mol. The van der Waals surface area contributed by atoms with E-state index >= 15 is 0 Å². The molecule has 13 heavy (non-hydrogen) atoms. The van der Waals surface area contributed by atoms with Gasteiger partial charge >= 0.3 is 0 Å². The van der Waals surface area contributed by atoms with Gasteiger partial charge in [0.25, 0.3) is 0 Å². The molecule has 0 spiro atoms. The quantitative estimate of drug-likeness (QED) is 0.668. The molecule has 0 radical (unpaired) electrons. The number of hydrogen-bond acceptors (Lipinski definition) is 2. The van der Waals surface area contributed by atoms with Gasteiger partial charge in [0.15, 0.2) is 0 Å². The summed E-state index contributed by atoms with van der Waals surface area (Å²) < 4.78 is 5.44. The maximum Gasteiger partial charge on any atom is 0.0698 e. The van der Waals surface area contributed by atoms with Crippen molar-refractivity contribution in [1.29, 1.82) is 0 Å². The van der Waals surface area contributed by atoms with Crippen LogP contribution in [0.15, 0.2) is 0 Å². The maximum absolute atomic E-state index is 5.44. The van der Waals surface area contributed by atoms with Gasteiger partial charge in [-0.3, -0.25) is 0 Å². The monoisotopic (exact) mass is 185 g/mol. The lowest BCUT2D eigenvalue weighted by atomic mass is 10.2. The van der Waals surface area contributed by atoms with E-state index in [2.05, 4.69) is 18.7 Å². The number of rotatable bonds is 3. The summed E-state index contributed by atoms with van der Waals surface area (Å²) in [6.07, 6.45) is 4.38. The Kier molecular flexibility index (Phi) is 4.74. The van der Waals surface area contributed by atoms with Gasteiger partial charge < -0.3 is 9.64 Å². The minimum atomic E-state index is 0.473. The van der Waals surface area contributed by atoms with Crippen LogP contribution in [0.5, 0.6) is 0 Å². The number of methoxy groups -OCH3 is 1. The van der Waals surface area contributed by atoms with Crippen LogP contribution in [0.2, 0.25) is 0 Å². The van der Waals surface area contributed by atoms with Gasteiger partial charge in [-0.15, -0.1) is 0 Å². The lowest BCUT2D eigenvalue weighted by Crippen LogP contribution is -2.34. The Morgan fingerprint density at radius 2 is 2.15 bits per heavy atom. The summed E-state index contributed by atoms with van der Waals surface area (Å²) in [6, 6.07) is 0. The van der Waals surface area contributed by atoms with Crippen molar-refractivity contribution in [2.24, 2.45) is 5.92 Å². The minimum absolute atomic E-state index is 0.473. The molecule has 0 N–H and O–H groups in total. The topological polar surface area (TPSA) is 12.5 Å². The van der Waals surface area contributed by atoms with E-state index in [9.17, 15) is 0 Å². The van der Waals surface area contributed by atoms with Crippen LogP contribution in [0.25, 0.3) is 0 Å². The van der Waals surface area contributed by atoms with E-state index in [1.54, 1.807) is 0 Å². The number of hydrogen-bond donors (Lipinski definition) is 0. The summed E-state index contributed by atoms with van der Waals surface area (Å²) >= 11 is 0. The van der Waals surface area contributed by atoms with Crippen LogP contribution < -0.4 is 0 Å². The van der Waals surface area contributed by atoms with E-state index in [1.807, 2.05) is 7.11 Å². The number of likely N-dealkylation sites (tertiary alicyclic amines) is 1. The van der Waals surface area contributed by atoms with Crippen molar-refractivity contribution < 1.29 is 4.74 Å². The van der Waals surface area contributed by atoms with Crippen LogP contribution in [-0.4, -0.2) is 37.7 Å². The van der Waals surface area contributed by atoms with Gasteiger partial charge in [0.05, 0.1) is 6.10 Å². The molecule has 0 amide bonds. The van der Waals surface area contributed by atoms with Crippen LogP contribution in [0, 0.1) is 5.92 Å². The first kappa shape index (κ1) is 11.0. The molecule has 0 saturated carbocycles. The minimum Gasteiger partial charge on any atom is -0.380 e. The van der Waals surface area contributed by atoms with Crippen molar-refractivity contribution >= 4 is 0 Å². The van der Waals surface area contributed by atoms with Crippen molar-refractivity contribution in [3.05, 3.63) is 0 Å². The Morgan fingerprint density at radius 3 is 2.77 bits per heavy atom. The molecule has 1 fully saturated rings. The van der Waals surface area contributed by atoms with E-state index < -0.39 is 0 Å². The van der Waals surface area contributed by atoms with Gasteiger partial charge in [0, 0.05) is 20.2 Å². The molecule has 0 unspecified atom stereocenters. The molecule has 0 aromatic carbocycles. The average molecular weight is 185 g/mol. The van der Waals surface area contributed by atoms with Crippen molar-refractivity contribution in [2.75, 3.05) is 26.7 Å². The highest BCUT2D eigenvalue weighted by Gasteiger charge is 2.17. The molecule has 0 aromatic rings. The molecular formula is C11H23NO. The molecule has 78 valence electrons. The third-order valence-electron chi connectivity index (χ3n) is 2.67. The van der Waals surface area contributed by atoms with Gasteiger partial charge in [-0.2, -0.15) is 0 Å². The molecule has 1 atom stereocenters. The Balaban J connectivity index is 2.35. The van der Waals surface area contributed by atoms with Crippen LogP contribution >= 0.6 is 0 Å². The predicted octanol–water partition coefficient (Wildman–Crippen LogP) is 2.14. The third kappa shape index (κ3) is 4.10. The summed E-state index contributed by atoms with van der Waals surface area (Å²) in [5.74, 6) is 0.774. The Labute approximate surface area is 82.3 Å². The van der Waals surface area contributed by atoms with E-state index in [4.69, 9.17) is 4.74 Å². The first-order chi connectivity index (χ1) is 6.22. The van der Waals surface area contributed by atoms with Crippen molar-refractivity contribution in [2.45, 2.75) is 39.2 Å². The first-order valence-corrected chi connectivity index (χ1v) is 5.47. The molecule has 2 nitrogen and oxygen atoms in total. The van der Waals surface area contributed by atoms with Crippen molar-refractivity contribution in [1.82, 2.24) is 4.90 Å². The zero-order valence-corrected chi connectivity index (χ0v) is 9.25. The molecule has 1 heterocycles. The van der Waals surface area contributed by atoms with Gasteiger partial charge in [-0.05, 0) is 31.7 Å². The number of ether oxygens (including phenoxy) is 1. The fourth-order valence-corrected chi connectivity index (χ4v) is 2.05. The third-order valence-corrected chi connectivity index (χ3v) is 2.67. The van der Waals surface area contributed by atoms with Crippen molar-refractivity contribution in [3.63, 3.8) is 0 Å². The van der Waals surface area contributed by atoms with Crippen LogP contribution in [0.1, 0.15) is 33.1 Å². The summed E-state index contributed by atoms with van der Waals surface area (Å²) in [7, 11) is 1.84. The first-order valence-electron chi connectivity index (χ1n) is 5.47. The molecule has 1 rings (SSSR count). The molecule has 0 aromatic heterocycles. The van der Waals surface area contributed by atoms with E-state index in [0.717, 1.165) is 12.5 Å². The lowest BCUT2D eigenvalue weighted by molar-refractivity contribution is 0.0658. The molecule has 1 aliphatic rings. The maximum atomic E-state index is 5.44. The smallest absolute Gasteiger partial charge is 0.0698 e. The standard InChI is InChI=1S/C11H23NO/c1-10(2)8-12-7-5-4-6-11(9-12)13-3/h10-11H,4-9H2,1-3H3/t11-/m0/s1. The summed E-state index contributed by atoms with van der Waals surface area (Å²) in [4.78, 5) is 2.55. The second kappa shape index (κ2) is 5.61. The zero-order chi connectivity index (χ0) is 9.68. The highest BCUT2D eigenvalue weighted by molar-refractivity contribution is 4.71. The summed E-state index contributed by atoms with van der Waals surface area (Å²) in [5, 5.41) is 0. The van der Waals surface area contributed by atoms with Crippen molar-refractivity contribution in [3.8, 4) is 0 Å². The second-order valence-corrected chi connectivity index (χ2v) is 4.51. The molecule has 1 aliphatic heterocycles. The Hall–Kier alpha value is -0.0800. The number of nitrogens with zero attached hydrogens (tertiary/aromatic N) is 1.